The number of rotatable bonds is 4. The van der Waals surface area contributed by atoms with E-state index in [1.807, 2.05) is 6.07 Å². The Morgan fingerprint density at radius 1 is 1.73 bits per heavy atom. The fraction of sp³-hybridized carbons (Fsp3) is 0.714. The average Bonchev–Trinajstić information content (AvgIpc) is 1.88. The number of hydrogen-bond acceptors (Lipinski definition) is 3. The lowest BCUT2D eigenvalue weighted by Gasteiger charge is -2.21. The first-order chi connectivity index (χ1) is 5.00. The number of nitrogens with zero attached hydrogens (tertiary/aromatic N) is 1. The van der Waals surface area contributed by atoms with Crippen LogP contribution in [0.3, 0.4) is 0 Å². The zero-order valence-corrected chi connectivity index (χ0v) is 6.85. The Morgan fingerprint density at radius 2 is 2.27 bits per heavy atom. The summed E-state index contributed by atoms with van der Waals surface area (Å²) >= 11 is 0. The van der Waals surface area contributed by atoms with Crippen molar-refractivity contribution in [1.29, 1.82) is 5.26 Å². The van der Waals surface area contributed by atoms with E-state index in [4.69, 9.17) is 11.0 Å². The maximum absolute atomic E-state index is 10.7. The third-order valence-electron chi connectivity index (χ3n) is 1.42. The first kappa shape index (κ1) is 9.92. The molecule has 1 amide bonds. The molecule has 0 saturated heterocycles. The number of hydrogen-bond donors (Lipinski definition) is 2. The molecule has 0 rings (SSSR count). The van der Waals surface area contributed by atoms with Crippen LogP contribution >= 0.6 is 0 Å². The number of nitrogens with one attached hydrogen (secondary N) is 1. The van der Waals surface area contributed by atoms with E-state index in [0.717, 1.165) is 0 Å². The summed E-state index contributed by atoms with van der Waals surface area (Å²) in [7, 11) is 0. The molecule has 0 aromatic heterocycles. The molecule has 0 unspecified atom stereocenters. The van der Waals surface area contributed by atoms with Crippen molar-refractivity contribution in [3.05, 3.63) is 0 Å². The standard InChI is InChI=1S/C7H13N3O/c1-7(2,6(9)11)10-5-3-4-8/h10H,3,5H2,1-2H3,(H2,9,11). The van der Waals surface area contributed by atoms with E-state index in [2.05, 4.69) is 5.32 Å². The summed E-state index contributed by atoms with van der Waals surface area (Å²) in [5.74, 6) is -0.407. The van der Waals surface area contributed by atoms with Gasteiger partial charge in [-0.1, -0.05) is 0 Å². The van der Waals surface area contributed by atoms with Crippen LogP contribution in [-0.2, 0) is 4.79 Å². The quantitative estimate of drug-likeness (QED) is 0.549. The topological polar surface area (TPSA) is 78.9 Å². The fourth-order valence-electron chi connectivity index (χ4n) is 0.518. The third-order valence-corrected chi connectivity index (χ3v) is 1.42. The predicted octanol–water partition coefficient (Wildman–Crippen LogP) is -0.246. The molecule has 11 heavy (non-hydrogen) atoms. The number of nitriles is 1. The maximum Gasteiger partial charge on any atom is 0.237 e. The summed E-state index contributed by atoms with van der Waals surface area (Å²) in [4.78, 5) is 10.7. The van der Waals surface area contributed by atoms with Crippen molar-refractivity contribution in [2.24, 2.45) is 5.73 Å². The van der Waals surface area contributed by atoms with Gasteiger partial charge in [-0.05, 0) is 13.8 Å². The highest BCUT2D eigenvalue weighted by Crippen LogP contribution is 1.99. The maximum atomic E-state index is 10.7. The van der Waals surface area contributed by atoms with E-state index in [1.54, 1.807) is 13.8 Å². The highest BCUT2D eigenvalue weighted by molar-refractivity contribution is 5.83. The summed E-state index contributed by atoms with van der Waals surface area (Å²) in [6.45, 7) is 3.87. The van der Waals surface area contributed by atoms with Crippen molar-refractivity contribution in [2.75, 3.05) is 6.54 Å². The molecule has 0 bridgehead atoms. The Hall–Kier alpha value is -1.08. The molecule has 0 aliphatic rings. The highest BCUT2D eigenvalue weighted by Gasteiger charge is 2.22. The Balaban J connectivity index is 3.75. The SMILES string of the molecule is CC(C)(NCCC#N)C(N)=O. The van der Waals surface area contributed by atoms with Gasteiger partial charge in [-0.15, -0.1) is 0 Å². The van der Waals surface area contributed by atoms with Crippen LogP contribution in [0.4, 0.5) is 0 Å². The third kappa shape index (κ3) is 3.58. The first-order valence-corrected chi connectivity index (χ1v) is 3.42. The van der Waals surface area contributed by atoms with Gasteiger partial charge in [0.05, 0.1) is 11.6 Å². The van der Waals surface area contributed by atoms with E-state index >= 15 is 0 Å². The van der Waals surface area contributed by atoms with Crippen LogP contribution in [0.15, 0.2) is 0 Å². The second-order valence-electron chi connectivity index (χ2n) is 2.82. The summed E-state index contributed by atoms with van der Waals surface area (Å²) < 4.78 is 0. The molecule has 0 fully saturated rings. The lowest BCUT2D eigenvalue weighted by molar-refractivity contribution is -0.123. The van der Waals surface area contributed by atoms with Crippen LogP contribution in [0.1, 0.15) is 20.3 Å². The minimum Gasteiger partial charge on any atom is -0.368 e. The summed E-state index contributed by atoms with van der Waals surface area (Å²) in [5, 5.41) is 11.1. The number of primary amides is 1. The minimum atomic E-state index is -0.711. The van der Waals surface area contributed by atoms with Crippen molar-refractivity contribution in [2.45, 2.75) is 25.8 Å². The molecule has 0 aromatic rings. The number of carbonyl (C=O) groups is 1. The fourth-order valence-corrected chi connectivity index (χ4v) is 0.518. The average molecular weight is 155 g/mol. The minimum absolute atomic E-state index is 0.386. The Labute approximate surface area is 66.4 Å². The van der Waals surface area contributed by atoms with E-state index in [0.29, 0.717) is 13.0 Å². The molecule has 0 aliphatic carbocycles. The van der Waals surface area contributed by atoms with Crippen molar-refractivity contribution in [1.82, 2.24) is 5.32 Å². The molecule has 0 atom stereocenters. The van der Waals surface area contributed by atoms with Crippen LogP contribution in [0.25, 0.3) is 0 Å². The Kier molecular flexibility index (Phi) is 3.55. The summed E-state index contributed by atoms with van der Waals surface area (Å²) in [6, 6.07) is 1.96. The predicted molar refractivity (Wildman–Crippen MR) is 41.5 cm³/mol. The van der Waals surface area contributed by atoms with E-state index in [1.165, 1.54) is 0 Å². The highest BCUT2D eigenvalue weighted by atomic mass is 16.1. The molecular weight excluding hydrogens is 142 g/mol. The lowest BCUT2D eigenvalue weighted by Crippen LogP contribution is -2.50. The molecule has 62 valence electrons. The molecule has 3 N–H and O–H groups in total. The normalized spacial score (nSPS) is 10.6. The van der Waals surface area contributed by atoms with Gasteiger partial charge < -0.3 is 11.1 Å². The van der Waals surface area contributed by atoms with Gasteiger partial charge in [0.2, 0.25) is 5.91 Å². The van der Waals surface area contributed by atoms with Crippen LogP contribution in [0.2, 0.25) is 0 Å². The van der Waals surface area contributed by atoms with E-state index < -0.39 is 11.4 Å². The molecule has 0 radical (unpaired) electrons. The van der Waals surface area contributed by atoms with Gasteiger partial charge in [-0.2, -0.15) is 5.26 Å². The molecular formula is C7H13N3O. The van der Waals surface area contributed by atoms with Crippen LogP contribution in [0.5, 0.6) is 0 Å². The van der Waals surface area contributed by atoms with Crippen molar-refractivity contribution in [3.63, 3.8) is 0 Å². The van der Waals surface area contributed by atoms with E-state index in [9.17, 15) is 4.79 Å². The number of carbonyl (C=O) groups excluding carboxylic acids is 1. The molecule has 0 heterocycles. The van der Waals surface area contributed by atoms with E-state index in [-0.39, 0.29) is 0 Å². The molecule has 4 heteroatoms. The molecule has 0 aromatic carbocycles. The van der Waals surface area contributed by atoms with Crippen LogP contribution in [-0.4, -0.2) is 18.0 Å². The Bertz CT molecular complexity index is 181. The largest absolute Gasteiger partial charge is 0.368 e. The number of nitrogens with two attached hydrogens (primary N) is 1. The molecule has 0 spiro atoms. The van der Waals surface area contributed by atoms with Gasteiger partial charge in [0.15, 0.2) is 0 Å². The molecule has 0 aliphatic heterocycles. The lowest BCUT2D eigenvalue weighted by atomic mass is 10.1. The van der Waals surface area contributed by atoms with Gasteiger partial charge in [0.25, 0.3) is 0 Å². The molecule has 0 saturated carbocycles. The van der Waals surface area contributed by atoms with Crippen molar-refractivity contribution >= 4 is 5.91 Å². The summed E-state index contributed by atoms with van der Waals surface area (Å²) in [5.41, 5.74) is 4.36. The monoisotopic (exact) mass is 155 g/mol. The zero-order valence-electron chi connectivity index (χ0n) is 6.85. The smallest absolute Gasteiger partial charge is 0.237 e. The Morgan fingerprint density at radius 3 is 2.64 bits per heavy atom. The first-order valence-electron chi connectivity index (χ1n) is 3.42. The van der Waals surface area contributed by atoms with Gasteiger partial charge in [0, 0.05) is 13.0 Å². The van der Waals surface area contributed by atoms with Gasteiger partial charge in [0.1, 0.15) is 0 Å². The van der Waals surface area contributed by atoms with Crippen molar-refractivity contribution in [3.8, 4) is 6.07 Å². The van der Waals surface area contributed by atoms with Gasteiger partial charge in [-0.3, -0.25) is 4.79 Å². The van der Waals surface area contributed by atoms with Gasteiger partial charge >= 0.3 is 0 Å². The van der Waals surface area contributed by atoms with Crippen LogP contribution in [0, 0.1) is 11.3 Å². The van der Waals surface area contributed by atoms with Crippen molar-refractivity contribution < 1.29 is 4.79 Å². The zero-order chi connectivity index (χ0) is 8.91. The number of amides is 1. The second-order valence-corrected chi connectivity index (χ2v) is 2.82. The summed E-state index contributed by atoms with van der Waals surface area (Å²) in [6.07, 6.45) is 0.386. The van der Waals surface area contributed by atoms with Crippen LogP contribution < -0.4 is 11.1 Å². The second kappa shape index (κ2) is 3.94. The molecule has 4 nitrogen and oxygen atoms in total. The van der Waals surface area contributed by atoms with Gasteiger partial charge in [-0.25, -0.2) is 0 Å².